The van der Waals surface area contributed by atoms with Crippen molar-refractivity contribution in [3.63, 3.8) is 0 Å². The third-order valence-corrected chi connectivity index (χ3v) is 5.32. The van der Waals surface area contributed by atoms with Gasteiger partial charge in [0.05, 0.1) is 19.8 Å². The summed E-state index contributed by atoms with van der Waals surface area (Å²) in [5, 5.41) is 52.8. The van der Waals surface area contributed by atoms with E-state index in [0.717, 1.165) is 26.1 Å². The molecular formula is C18H39ClMnN5O5+. The first-order valence-corrected chi connectivity index (χ1v) is 12.0. The SMILES string of the molecule is O=CO.OC[C@H]1CN[C@@H](CO)CN[C@@H](CO)CN[C@@H]2CCCC[C@H]2NCCN1.[Cl][Mn+]. The van der Waals surface area contributed by atoms with Gasteiger partial charge in [-0.15, -0.1) is 0 Å². The number of fused-ring (bicyclic) bond motifs is 1. The Labute approximate surface area is 191 Å². The molecule has 1 saturated heterocycles. The van der Waals surface area contributed by atoms with Crippen LogP contribution in [0.2, 0.25) is 0 Å². The number of hydrogen-bond donors (Lipinski definition) is 9. The molecule has 0 aromatic heterocycles. The van der Waals surface area contributed by atoms with Gasteiger partial charge in [0.25, 0.3) is 6.47 Å². The van der Waals surface area contributed by atoms with Crippen molar-refractivity contribution in [1.29, 1.82) is 0 Å². The Bertz CT molecular complexity index is 406. The summed E-state index contributed by atoms with van der Waals surface area (Å²) < 4.78 is 0. The van der Waals surface area contributed by atoms with Crippen molar-refractivity contribution in [2.45, 2.75) is 55.9 Å². The number of rotatable bonds is 3. The van der Waals surface area contributed by atoms with Crippen molar-refractivity contribution in [3.8, 4) is 0 Å². The fourth-order valence-electron chi connectivity index (χ4n) is 3.67. The summed E-state index contributed by atoms with van der Waals surface area (Å²) in [6.07, 6.45) is 4.83. The van der Waals surface area contributed by atoms with Crippen molar-refractivity contribution in [3.05, 3.63) is 0 Å². The second kappa shape index (κ2) is 20.8. The molecule has 2 aliphatic rings. The second-order valence-corrected chi connectivity index (χ2v) is 7.37. The van der Waals surface area contributed by atoms with Gasteiger partial charge in [0.15, 0.2) is 0 Å². The van der Waals surface area contributed by atoms with Gasteiger partial charge in [-0.3, -0.25) is 4.79 Å². The molecule has 0 aromatic carbocycles. The number of halogens is 1. The zero-order chi connectivity index (χ0) is 22.6. The first-order chi connectivity index (χ1) is 14.7. The van der Waals surface area contributed by atoms with Crippen LogP contribution in [-0.4, -0.2) is 110 Å². The molecule has 1 aliphatic carbocycles. The van der Waals surface area contributed by atoms with Gasteiger partial charge in [-0.25, -0.2) is 0 Å². The predicted molar refractivity (Wildman–Crippen MR) is 113 cm³/mol. The third kappa shape index (κ3) is 13.4. The normalized spacial score (nSPS) is 31.3. The van der Waals surface area contributed by atoms with E-state index in [-0.39, 0.29) is 44.4 Å². The molecule has 2 fully saturated rings. The maximum absolute atomic E-state index is 9.63. The molecule has 12 heteroatoms. The van der Waals surface area contributed by atoms with Crippen LogP contribution >= 0.6 is 10.1 Å². The van der Waals surface area contributed by atoms with E-state index < -0.39 is 0 Å². The topological polar surface area (TPSA) is 158 Å². The zero-order valence-electron chi connectivity index (χ0n) is 17.4. The van der Waals surface area contributed by atoms with Crippen molar-refractivity contribution >= 4 is 16.6 Å². The van der Waals surface area contributed by atoms with E-state index in [0.29, 0.717) is 25.2 Å². The molecule has 0 aromatic rings. The van der Waals surface area contributed by atoms with Gasteiger partial charge >= 0.3 is 25.2 Å². The minimum absolute atomic E-state index is 0.0168. The van der Waals surface area contributed by atoms with Crippen LogP contribution in [-0.2, 0) is 19.9 Å². The third-order valence-electron chi connectivity index (χ3n) is 5.32. The van der Waals surface area contributed by atoms with E-state index in [1.807, 2.05) is 0 Å². The van der Waals surface area contributed by atoms with E-state index in [2.05, 4.69) is 51.8 Å². The molecule has 0 radical (unpaired) electrons. The molecule has 179 valence electrons. The van der Waals surface area contributed by atoms with E-state index >= 15 is 0 Å². The Morgan fingerprint density at radius 2 is 1.10 bits per heavy atom. The van der Waals surface area contributed by atoms with Gasteiger partial charge in [0, 0.05) is 62.9 Å². The number of aliphatic hydroxyl groups excluding tert-OH is 3. The molecule has 1 saturated carbocycles. The fourth-order valence-corrected chi connectivity index (χ4v) is 3.67. The second-order valence-electron chi connectivity index (χ2n) is 7.37. The van der Waals surface area contributed by atoms with Crippen LogP contribution in [0.3, 0.4) is 0 Å². The van der Waals surface area contributed by atoms with Crippen LogP contribution in [0, 0.1) is 0 Å². The van der Waals surface area contributed by atoms with Gasteiger partial charge in [-0.1, -0.05) is 12.8 Å². The number of hydrogen-bond acceptors (Lipinski definition) is 9. The van der Waals surface area contributed by atoms with Crippen molar-refractivity contribution < 1.29 is 40.3 Å². The molecule has 10 nitrogen and oxygen atoms in total. The summed E-state index contributed by atoms with van der Waals surface area (Å²) in [5.41, 5.74) is 0. The molecule has 0 bridgehead atoms. The van der Waals surface area contributed by atoms with Crippen molar-refractivity contribution in [2.24, 2.45) is 0 Å². The molecule has 2 rings (SSSR count). The van der Waals surface area contributed by atoms with Crippen LogP contribution in [0.5, 0.6) is 0 Å². The Kier molecular flexibility index (Phi) is 20.8. The average Bonchev–Trinajstić information content (AvgIpc) is 2.79. The molecule has 1 heterocycles. The number of nitrogens with one attached hydrogen (secondary N) is 5. The molecule has 5 atom stereocenters. The Morgan fingerprint density at radius 1 is 0.733 bits per heavy atom. The van der Waals surface area contributed by atoms with Crippen LogP contribution < -0.4 is 26.6 Å². The Morgan fingerprint density at radius 3 is 1.57 bits per heavy atom. The number of carboxylic acid groups (broad SMARTS) is 1. The van der Waals surface area contributed by atoms with Gasteiger partial charge in [-0.05, 0) is 12.8 Å². The van der Waals surface area contributed by atoms with Gasteiger partial charge in [0.2, 0.25) is 0 Å². The molecule has 0 spiro atoms. The molecule has 0 unspecified atom stereocenters. The maximum atomic E-state index is 9.63. The van der Waals surface area contributed by atoms with Crippen molar-refractivity contribution in [1.82, 2.24) is 26.6 Å². The van der Waals surface area contributed by atoms with Crippen molar-refractivity contribution in [2.75, 3.05) is 52.5 Å². The minimum atomic E-state index is -0.250. The van der Waals surface area contributed by atoms with Crippen LogP contribution in [0.15, 0.2) is 0 Å². The first-order valence-electron chi connectivity index (χ1n) is 10.4. The molecule has 1 aliphatic heterocycles. The summed E-state index contributed by atoms with van der Waals surface area (Å²) in [6.45, 7) is 3.45. The number of carbonyl (C=O) groups is 1. The summed E-state index contributed by atoms with van der Waals surface area (Å²) in [4.78, 5) is 8.36. The molecule has 9 N–H and O–H groups in total. The number of aliphatic hydroxyl groups is 3. The zero-order valence-corrected chi connectivity index (χ0v) is 19.3. The molecule has 30 heavy (non-hydrogen) atoms. The van der Waals surface area contributed by atoms with Gasteiger partial charge < -0.3 is 47.0 Å². The Balaban J connectivity index is 0.00000154. The van der Waals surface area contributed by atoms with Crippen LogP contribution in [0.4, 0.5) is 0 Å². The van der Waals surface area contributed by atoms with E-state index in [4.69, 9.17) is 9.90 Å². The molecular weight excluding hydrogens is 457 g/mol. The van der Waals surface area contributed by atoms with Gasteiger partial charge in [0.1, 0.15) is 0 Å². The van der Waals surface area contributed by atoms with E-state index in [9.17, 15) is 15.3 Å². The summed E-state index contributed by atoms with van der Waals surface area (Å²) in [5.74, 6) is 0. The summed E-state index contributed by atoms with van der Waals surface area (Å²) in [6, 6.07) is 0.715. The van der Waals surface area contributed by atoms with E-state index in [1.54, 1.807) is 0 Å². The Hall–Kier alpha value is -0.0405. The summed E-state index contributed by atoms with van der Waals surface area (Å²) >= 11 is 2.41. The monoisotopic (exact) mass is 495 g/mol. The van der Waals surface area contributed by atoms with Crippen LogP contribution in [0.25, 0.3) is 0 Å². The summed E-state index contributed by atoms with van der Waals surface area (Å²) in [7, 11) is 4.45. The quantitative estimate of drug-likeness (QED) is 0.154. The fraction of sp³-hybridized carbons (Fsp3) is 0.944. The first kappa shape index (κ1) is 30.0. The van der Waals surface area contributed by atoms with Crippen LogP contribution in [0.1, 0.15) is 25.7 Å². The predicted octanol–water partition coefficient (Wildman–Crippen LogP) is -2.27. The molecule has 0 amide bonds. The standard InChI is InChI=1S/C17H37N5O3.CH2O2.ClH.Mn/c23-10-13-7-20-14(11-24)8-21-15(12-25)9-22-17-4-2-1-3-16(17)19-6-5-18-13;2-1-3;;/h13-25H,1-12H2;1H,(H,2,3);1H;/q;;;+2/p-1/t13-,14-,15-,16-,17-;;;/m1.../s1. The average molecular weight is 496 g/mol. The van der Waals surface area contributed by atoms with E-state index in [1.165, 1.54) is 19.3 Å². The van der Waals surface area contributed by atoms with Gasteiger partial charge in [-0.2, -0.15) is 0 Å².